The largest absolute Gasteiger partial charge is 0.493 e. The molecule has 168 valence electrons. The Balaban J connectivity index is 2.03. The van der Waals surface area contributed by atoms with Gasteiger partial charge in [0.25, 0.3) is 5.69 Å². The molecule has 31 heavy (non-hydrogen) atoms. The van der Waals surface area contributed by atoms with Gasteiger partial charge in [-0.15, -0.1) is 0 Å². The van der Waals surface area contributed by atoms with Crippen LogP contribution in [-0.2, 0) is 21.2 Å². The smallest absolute Gasteiger partial charge is 0.289 e. The molecule has 0 aliphatic carbocycles. The Labute approximate surface area is 180 Å². The Morgan fingerprint density at radius 2 is 1.81 bits per heavy atom. The number of nitro groups is 1. The van der Waals surface area contributed by atoms with Crippen LogP contribution in [0.15, 0.2) is 47.4 Å². The molecule has 0 spiro atoms. The number of benzene rings is 2. The SMILES string of the molecule is CCC(NS(=O)(=O)c1ccccc1[N+](=O)[O-])C(=O)NCCc1ccc(OC)c(OC)c1. The number of hydrogen-bond donors (Lipinski definition) is 2. The Hall–Kier alpha value is -3.18. The van der Waals surface area contributed by atoms with Crippen LogP contribution in [0.5, 0.6) is 11.5 Å². The average Bonchev–Trinajstić information content (AvgIpc) is 2.77. The van der Waals surface area contributed by atoms with Gasteiger partial charge < -0.3 is 14.8 Å². The van der Waals surface area contributed by atoms with E-state index in [0.717, 1.165) is 17.7 Å². The molecule has 0 aliphatic rings. The van der Waals surface area contributed by atoms with E-state index < -0.39 is 37.5 Å². The molecule has 2 N–H and O–H groups in total. The fourth-order valence-corrected chi connectivity index (χ4v) is 4.35. The molecular formula is C20H25N3O7S. The van der Waals surface area contributed by atoms with Crippen molar-refractivity contribution in [3.63, 3.8) is 0 Å². The first kappa shape index (κ1) is 24.1. The van der Waals surface area contributed by atoms with Crippen LogP contribution in [0, 0.1) is 10.1 Å². The minimum Gasteiger partial charge on any atom is -0.493 e. The molecule has 1 atom stereocenters. The summed E-state index contributed by atoms with van der Waals surface area (Å²) in [5, 5.41) is 13.8. The minimum absolute atomic E-state index is 0.169. The van der Waals surface area contributed by atoms with E-state index in [2.05, 4.69) is 10.0 Å². The van der Waals surface area contributed by atoms with E-state index in [4.69, 9.17) is 9.47 Å². The summed E-state index contributed by atoms with van der Waals surface area (Å²) >= 11 is 0. The van der Waals surface area contributed by atoms with Crippen LogP contribution in [0.4, 0.5) is 5.69 Å². The first-order chi connectivity index (χ1) is 14.7. The second-order valence-corrected chi connectivity index (χ2v) is 8.22. The van der Waals surface area contributed by atoms with Gasteiger partial charge in [0.15, 0.2) is 16.4 Å². The quantitative estimate of drug-likeness (QED) is 0.394. The lowest BCUT2D eigenvalue weighted by Crippen LogP contribution is -2.46. The monoisotopic (exact) mass is 451 g/mol. The lowest BCUT2D eigenvalue weighted by Gasteiger charge is -2.17. The van der Waals surface area contributed by atoms with Crippen molar-refractivity contribution in [1.82, 2.24) is 10.0 Å². The van der Waals surface area contributed by atoms with Crippen LogP contribution >= 0.6 is 0 Å². The van der Waals surface area contributed by atoms with Gasteiger partial charge in [0.2, 0.25) is 15.9 Å². The molecule has 0 aromatic heterocycles. The molecule has 2 rings (SSSR count). The number of amides is 1. The van der Waals surface area contributed by atoms with Crippen molar-refractivity contribution in [2.75, 3.05) is 20.8 Å². The highest BCUT2D eigenvalue weighted by Crippen LogP contribution is 2.27. The van der Waals surface area contributed by atoms with Crippen LogP contribution in [0.3, 0.4) is 0 Å². The third kappa shape index (κ3) is 6.15. The Bertz CT molecular complexity index is 1040. The van der Waals surface area contributed by atoms with Crippen LogP contribution in [0.25, 0.3) is 0 Å². The molecule has 0 saturated carbocycles. The van der Waals surface area contributed by atoms with E-state index in [1.807, 2.05) is 6.07 Å². The van der Waals surface area contributed by atoms with Gasteiger partial charge in [0, 0.05) is 12.6 Å². The Morgan fingerprint density at radius 1 is 1.13 bits per heavy atom. The standard InChI is InChI=1S/C20H25N3O7S/c1-4-15(22-31(27,28)19-8-6-5-7-16(19)23(25)26)20(24)21-12-11-14-9-10-17(29-2)18(13-14)30-3/h5-10,13,15,22H,4,11-12H2,1-3H3,(H,21,24). The molecule has 2 aromatic carbocycles. The molecule has 0 aliphatic heterocycles. The first-order valence-electron chi connectivity index (χ1n) is 9.47. The molecule has 0 radical (unpaired) electrons. The van der Waals surface area contributed by atoms with Gasteiger partial charge in [0.05, 0.1) is 19.1 Å². The molecule has 0 fully saturated rings. The highest BCUT2D eigenvalue weighted by Gasteiger charge is 2.29. The van der Waals surface area contributed by atoms with Gasteiger partial charge in [-0.25, -0.2) is 8.42 Å². The maximum atomic E-state index is 12.6. The van der Waals surface area contributed by atoms with E-state index in [1.165, 1.54) is 26.4 Å². The van der Waals surface area contributed by atoms with Gasteiger partial charge in [-0.3, -0.25) is 14.9 Å². The topological polar surface area (TPSA) is 137 Å². The zero-order valence-corrected chi connectivity index (χ0v) is 18.3. The average molecular weight is 452 g/mol. The van der Waals surface area contributed by atoms with Gasteiger partial charge in [-0.05, 0) is 36.6 Å². The molecule has 1 unspecified atom stereocenters. The number of para-hydroxylation sites is 1. The van der Waals surface area contributed by atoms with Crippen molar-refractivity contribution >= 4 is 21.6 Å². The van der Waals surface area contributed by atoms with Crippen LogP contribution < -0.4 is 19.5 Å². The number of carbonyl (C=O) groups excluding carboxylic acids is 1. The molecule has 2 aromatic rings. The summed E-state index contributed by atoms with van der Waals surface area (Å²) in [7, 11) is -1.21. The lowest BCUT2D eigenvalue weighted by atomic mass is 10.1. The molecule has 0 saturated heterocycles. The summed E-state index contributed by atoms with van der Waals surface area (Å²) in [6.07, 6.45) is 0.654. The zero-order chi connectivity index (χ0) is 23.0. The third-order valence-electron chi connectivity index (χ3n) is 4.53. The fourth-order valence-electron chi connectivity index (χ4n) is 2.90. The Morgan fingerprint density at radius 3 is 2.42 bits per heavy atom. The summed E-state index contributed by atoms with van der Waals surface area (Å²) < 4.78 is 38.0. The third-order valence-corrected chi connectivity index (χ3v) is 6.05. The summed E-state index contributed by atoms with van der Waals surface area (Å²) in [6, 6.07) is 9.28. The van der Waals surface area contributed by atoms with E-state index in [0.29, 0.717) is 17.9 Å². The van der Waals surface area contributed by atoms with E-state index in [9.17, 15) is 23.3 Å². The van der Waals surface area contributed by atoms with E-state index in [-0.39, 0.29) is 13.0 Å². The fraction of sp³-hybridized carbons (Fsp3) is 0.350. The van der Waals surface area contributed by atoms with Gasteiger partial charge in [-0.1, -0.05) is 25.1 Å². The number of nitro benzene ring substituents is 1. The summed E-state index contributed by atoms with van der Waals surface area (Å²) in [5.41, 5.74) is 0.338. The number of sulfonamides is 1. The molecule has 0 bridgehead atoms. The van der Waals surface area contributed by atoms with Crippen molar-refractivity contribution in [2.45, 2.75) is 30.7 Å². The maximum absolute atomic E-state index is 12.6. The number of nitrogens with zero attached hydrogens (tertiary/aromatic N) is 1. The van der Waals surface area contributed by atoms with Crippen molar-refractivity contribution in [1.29, 1.82) is 0 Å². The van der Waals surface area contributed by atoms with Crippen molar-refractivity contribution in [2.24, 2.45) is 0 Å². The second kappa shape index (κ2) is 10.7. The number of carbonyl (C=O) groups is 1. The molecule has 10 nitrogen and oxygen atoms in total. The van der Waals surface area contributed by atoms with Crippen LogP contribution in [0.2, 0.25) is 0 Å². The van der Waals surface area contributed by atoms with Crippen molar-refractivity contribution in [3.05, 3.63) is 58.1 Å². The summed E-state index contributed by atoms with van der Waals surface area (Å²) in [6.45, 7) is 1.90. The van der Waals surface area contributed by atoms with Crippen LogP contribution in [0.1, 0.15) is 18.9 Å². The summed E-state index contributed by atoms with van der Waals surface area (Å²) in [4.78, 5) is 22.4. The number of ether oxygens (including phenoxy) is 2. The molecular weight excluding hydrogens is 426 g/mol. The highest BCUT2D eigenvalue weighted by molar-refractivity contribution is 7.89. The van der Waals surface area contributed by atoms with Crippen molar-refractivity contribution in [3.8, 4) is 11.5 Å². The number of hydrogen-bond acceptors (Lipinski definition) is 7. The summed E-state index contributed by atoms with van der Waals surface area (Å²) in [5.74, 6) is 0.630. The first-order valence-corrected chi connectivity index (χ1v) is 11.0. The van der Waals surface area contributed by atoms with Crippen molar-refractivity contribution < 1.29 is 27.6 Å². The van der Waals surface area contributed by atoms with Gasteiger partial charge in [-0.2, -0.15) is 4.72 Å². The number of nitrogens with one attached hydrogen (secondary N) is 2. The number of rotatable bonds is 11. The highest BCUT2D eigenvalue weighted by atomic mass is 32.2. The Kier molecular flexibility index (Phi) is 8.34. The molecule has 11 heteroatoms. The number of methoxy groups -OCH3 is 2. The molecule has 0 heterocycles. The predicted octanol–water partition coefficient (Wildman–Crippen LogP) is 2.03. The minimum atomic E-state index is -4.27. The lowest BCUT2D eigenvalue weighted by molar-refractivity contribution is -0.387. The van der Waals surface area contributed by atoms with Gasteiger partial charge in [0.1, 0.15) is 6.04 Å². The zero-order valence-electron chi connectivity index (χ0n) is 17.5. The predicted molar refractivity (Wildman–Crippen MR) is 114 cm³/mol. The van der Waals surface area contributed by atoms with Gasteiger partial charge >= 0.3 is 0 Å². The van der Waals surface area contributed by atoms with E-state index >= 15 is 0 Å². The normalized spacial score (nSPS) is 12.1. The maximum Gasteiger partial charge on any atom is 0.289 e. The van der Waals surface area contributed by atoms with E-state index in [1.54, 1.807) is 19.1 Å². The van der Waals surface area contributed by atoms with Crippen LogP contribution in [-0.4, -0.2) is 46.1 Å². The second-order valence-electron chi connectivity index (χ2n) is 6.54. The molecule has 1 amide bonds.